The molecule has 0 unspecified atom stereocenters. The molecule has 2 aromatic carbocycles. The minimum absolute atomic E-state index is 0.0777. The highest BCUT2D eigenvalue weighted by atomic mass is 16.3. The van der Waals surface area contributed by atoms with Crippen LogP contribution in [0.25, 0.3) is 27.8 Å². The summed E-state index contributed by atoms with van der Waals surface area (Å²) in [6.07, 6.45) is 4.99. The minimum Gasteiger partial charge on any atom is -0.507 e. The van der Waals surface area contributed by atoms with Gasteiger partial charge in [0.15, 0.2) is 0 Å². The Morgan fingerprint density at radius 2 is 1.96 bits per heavy atom. The summed E-state index contributed by atoms with van der Waals surface area (Å²) in [4.78, 5) is 12.7. The molecule has 0 saturated carbocycles. The summed E-state index contributed by atoms with van der Waals surface area (Å²) < 4.78 is 5.50. The number of fused-ring (bicyclic) bond motifs is 1. The maximum Gasteiger partial charge on any atom is 0.204 e. The Morgan fingerprint density at radius 1 is 1.21 bits per heavy atom. The van der Waals surface area contributed by atoms with Crippen molar-refractivity contribution in [2.24, 2.45) is 0 Å². The van der Waals surface area contributed by atoms with Gasteiger partial charge < -0.3 is 14.8 Å². The first-order chi connectivity index (χ1) is 11.7. The third-order valence-electron chi connectivity index (χ3n) is 3.83. The summed E-state index contributed by atoms with van der Waals surface area (Å²) in [5, 5.41) is 13.2. The summed E-state index contributed by atoms with van der Waals surface area (Å²) in [5.74, 6) is -0.0777. The van der Waals surface area contributed by atoms with E-state index in [9.17, 15) is 9.90 Å². The Bertz CT molecular complexity index is 982. The van der Waals surface area contributed by atoms with Crippen LogP contribution in [0.1, 0.15) is 12.5 Å². The number of phenols is 1. The lowest BCUT2D eigenvalue weighted by Gasteiger charge is -2.08. The van der Waals surface area contributed by atoms with Crippen LogP contribution in [0.3, 0.4) is 0 Å². The zero-order valence-corrected chi connectivity index (χ0v) is 13.2. The van der Waals surface area contributed by atoms with Crippen LogP contribution in [0.5, 0.6) is 5.75 Å². The van der Waals surface area contributed by atoms with Gasteiger partial charge in [-0.3, -0.25) is 4.79 Å². The van der Waals surface area contributed by atoms with Gasteiger partial charge in [-0.25, -0.2) is 0 Å². The first-order valence-electron chi connectivity index (χ1n) is 7.53. The molecular formula is C20H17NO3. The second-order valence-electron chi connectivity index (χ2n) is 5.26. The number of phenolic OH excluding ortho intramolecular Hbond substituents is 1. The van der Waals surface area contributed by atoms with Crippen LogP contribution in [0.2, 0.25) is 0 Å². The molecule has 4 nitrogen and oxygen atoms in total. The molecule has 0 atom stereocenters. The van der Waals surface area contributed by atoms with Crippen LogP contribution < -0.4 is 10.7 Å². The fourth-order valence-corrected chi connectivity index (χ4v) is 2.63. The molecule has 4 heteroatoms. The van der Waals surface area contributed by atoms with Crippen molar-refractivity contribution in [3.63, 3.8) is 0 Å². The van der Waals surface area contributed by atoms with Crippen molar-refractivity contribution >= 4 is 16.7 Å². The summed E-state index contributed by atoms with van der Waals surface area (Å²) in [6.45, 7) is 5.59. The second kappa shape index (κ2) is 6.46. The van der Waals surface area contributed by atoms with E-state index in [1.165, 1.54) is 12.3 Å². The van der Waals surface area contributed by atoms with Gasteiger partial charge in [-0.05, 0) is 36.4 Å². The average molecular weight is 319 g/mol. The van der Waals surface area contributed by atoms with Crippen molar-refractivity contribution < 1.29 is 9.52 Å². The van der Waals surface area contributed by atoms with Gasteiger partial charge in [-0.2, -0.15) is 0 Å². The van der Waals surface area contributed by atoms with Crippen LogP contribution in [0.4, 0.5) is 0 Å². The molecular weight excluding hydrogens is 302 g/mol. The topological polar surface area (TPSA) is 62.5 Å². The third-order valence-corrected chi connectivity index (χ3v) is 3.83. The predicted octanol–water partition coefficient (Wildman–Crippen LogP) is 4.26. The normalized spacial score (nSPS) is 11.5. The number of hydrogen-bond donors (Lipinski definition) is 2. The van der Waals surface area contributed by atoms with Gasteiger partial charge in [0.1, 0.15) is 23.0 Å². The van der Waals surface area contributed by atoms with E-state index in [0.717, 1.165) is 16.8 Å². The SMILES string of the molecule is C=CN/C(=C\C)c1ccc(-c2coc3cccc(O)c3c2=O)cc1. The van der Waals surface area contributed by atoms with Gasteiger partial charge in [-0.15, -0.1) is 0 Å². The molecule has 120 valence electrons. The summed E-state index contributed by atoms with van der Waals surface area (Å²) >= 11 is 0. The zero-order chi connectivity index (χ0) is 17.1. The first kappa shape index (κ1) is 15.6. The molecule has 1 aromatic heterocycles. The van der Waals surface area contributed by atoms with E-state index in [1.54, 1.807) is 18.3 Å². The maximum atomic E-state index is 12.7. The first-order valence-corrected chi connectivity index (χ1v) is 7.53. The lowest BCUT2D eigenvalue weighted by Crippen LogP contribution is -2.05. The highest BCUT2D eigenvalue weighted by Gasteiger charge is 2.12. The molecule has 1 heterocycles. The van der Waals surface area contributed by atoms with E-state index in [-0.39, 0.29) is 16.6 Å². The Labute approximate surface area is 139 Å². The molecule has 2 N–H and O–H groups in total. The standard InChI is InChI=1S/C20H17NO3/c1-3-16(21-4-2)14-10-8-13(9-11-14)15-12-24-18-7-5-6-17(22)19(18)20(15)23/h3-12,21-22H,2H2,1H3/b16-3-. The van der Waals surface area contributed by atoms with E-state index in [1.807, 2.05) is 37.3 Å². The van der Waals surface area contributed by atoms with Crippen LogP contribution >= 0.6 is 0 Å². The number of nitrogens with one attached hydrogen (secondary N) is 1. The van der Waals surface area contributed by atoms with Crippen molar-refractivity contribution in [2.75, 3.05) is 0 Å². The molecule has 0 aliphatic heterocycles. The van der Waals surface area contributed by atoms with Crippen LogP contribution in [0, 0.1) is 0 Å². The Balaban J connectivity index is 2.08. The molecule has 0 spiro atoms. The van der Waals surface area contributed by atoms with E-state index < -0.39 is 0 Å². The highest BCUT2D eigenvalue weighted by molar-refractivity contribution is 5.86. The van der Waals surface area contributed by atoms with Gasteiger partial charge in [0, 0.05) is 5.70 Å². The van der Waals surface area contributed by atoms with Crippen molar-refractivity contribution in [2.45, 2.75) is 6.92 Å². The van der Waals surface area contributed by atoms with Crippen LogP contribution in [0.15, 0.2) is 76.8 Å². The maximum absolute atomic E-state index is 12.7. The summed E-state index contributed by atoms with van der Waals surface area (Å²) in [6, 6.07) is 12.3. The van der Waals surface area contributed by atoms with Gasteiger partial charge in [0.05, 0.1) is 5.56 Å². The number of rotatable bonds is 4. The van der Waals surface area contributed by atoms with Gasteiger partial charge >= 0.3 is 0 Å². The summed E-state index contributed by atoms with van der Waals surface area (Å²) in [5.41, 5.74) is 3.17. The van der Waals surface area contributed by atoms with Crippen LogP contribution in [-0.4, -0.2) is 5.11 Å². The van der Waals surface area contributed by atoms with Crippen LogP contribution in [-0.2, 0) is 0 Å². The van der Waals surface area contributed by atoms with Crippen molar-refractivity contribution in [3.8, 4) is 16.9 Å². The molecule has 3 aromatic rings. The molecule has 0 bridgehead atoms. The van der Waals surface area contributed by atoms with Crippen molar-refractivity contribution in [1.29, 1.82) is 0 Å². The van der Waals surface area contributed by atoms with Crippen molar-refractivity contribution in [1.82, 2.24) is 5.32 Å². The van der Waals surface area contributed by atoms with Gasteiger partial charge in [-0.1, -0.05) is 43.0 Å². The van der Waals surface area contributed by atoms with Crippen molar-refractivity contribution in [3.05, 3.63) is 83.4 Å². The van der Waals surface area contributed by atoms with E-state index in [4.69, 9.17) is 4.42 Å². The fraction of sp³-hybridized carbons (Fsp3) is 0.0500. The Hall–Kier alpha value is -3.27. The Kier molecular flexibility index (Phi) is 4.20. The lowest BCUT2D eigenvalue weighted by atomic mass is 10.0. The lowest BCUT2D eigenvalue weighted by molar-refractivity contribution is 0.479. The molecule has 0 fully saturated rings. The second-order valence-corrected chi connectivity index (χ2v) is 5.26. The third kappa shape index (κ3) is 2.70. The summed E-state index contributed by atoms with van der Waals surface area (Å²) in [7, 11) is 0. The number of allylic oxidation sites excluding steroid dienone is 1. The average Bonchev–Trinajstić information content (AvgIpc) is 2.60. The van der Waals surface area contributed by atoms with E-state index in [2.05, 4.69) is 11.9 Å². The number of benzene rings is 2. The highest BCUT2D eigenvalue weighted by Crippen LogP contribution is 2.26. The monoisotopic (exact) mass is 319 g/mol. The molecule has 0 saturated heterocycles. The molecule has 0 amide bonds. The van der Waals surface area contributed by atoms with Gasteiger partial charge in [0.2, 0.25) is 5.43 Å². The molecule has 24 heavy (non-hydrogen) atoms. The van der Waals surface area contributed by atoms with Gasteiger partial charge in [0.25, 0.3) is 0 Å². The molecule has 0 aliphatic carbocycles. The molecule has 0 aliphatic rings. The zero-order valence-electron chi connectivity index (χ0n) is 13.2. The minimum atomic E-state index is -0.252. The van der Waals surface area contributed by atoms with E-state index >= 15 is 0 Å². The molecule has 0 radical (unpaired) electrons. The number of aromatic hydroxyl groups is 1. The molecule has 3 rings (SSSR count). The largest absolute Gasteiger partial charge is 0.507 e. The quantitative estimate of drug-likeness (QED) is 0.754. The smallest absolute Gasteiger partial charge is 0.204 e. The Morgan fingerprint density at radius 3 is 2.62 bits per heavy atom. The number of hydrogen-bond acceptors (Lipinski definition) is 4. The predicted molar refractivity (Wildman–Crippen MR) is 96.6 cm³/mol. The fourth-order valence-electron chi connectivity index (χ4n) is 2.63. The van der Waals surface area contributed by atoms with E-state index in [0.29, 0.717) is 11.1 Å².